The molecule has 136 valence electrons. The van der Waals surface area contributed by atoms with Gasteiger partial charge in [0, 0.05) is 11.3 Å². The predicted octanol–water partition coefficient (Wildman–Crippen LogP) is 3.49. The molecule has 2 saturated carbocycles. The Kier molecular flexibility index (Phi) is 3.57. The van der Waals surface area contributed by atoms with Gasteiger partial charge in [0.1, 0.15) is 6.10 Å². The van der Waals surface area contributed by atoms with Gasteiger partial charge in [-0.25, -0.2) is 4.79 Å². The Hall–Kier alpha value is -1.27. The maximum Gasteiger partial charge on any atom is 0.490 e. The summed E-state index contributed by atoms with van der Waals surface area (Å²) in [5.41, 5.74) is -1.55. The van der Waals surface area contributed by atoms with E-state index in [1.807, 2.05) is 27.7 Å². The summed E-state index contributed by atoms with van der Waals surface area (Å²) in [6.07, 6.45) is -4.37. The molecule has 2 aliphatic carbocycles. The molecule has 24 heavy (non-hydrogen) atoms. The number of hydrogen-bond acceptors (Lipinski definition) is 4. The highest BCUT2D eigenvalue weighted by atomic mass is 19.4. The van der Waals surface area contributed by atoms with E-state index in [1.54, 1.807) is 0 Å². The van der Waals surface area contributed by atoms with Gasteiger partial charge in [-0.3, -0.25) is 4.79 Å². The average molecular weight is 348 g/mol. The monoisotopic (exact) mass is 348 g/mol. The molecule has 0 aromatic carbocycles. The van der Waals surface area contributed by atoms with Gasteiger partial charge in [-0.2, -0.15) is 13.2 Å². The molecule has 0 aromatic rings. The first-order valence-corrected chi connectivity index (χ1v) is 8.29. The van der Waals surface area contributed by atoms with Crippen LogP contribution in [-0.4, -0.2) is 30.8 Å². The molecule has 3 aliphatic rings. The molecule has 3 fully saturated rings. The van der Waals surface area contributed by atoms with E-state index in [2.05, 4.69) is 0 Å². The van der Waals surface area contributed by atoms with Crippen LogP contribution in [0.2, 0.25) is 0 Å². The quantitative estimate of drug-likeness (QED) is 0.681. The van der Waals surface area contributed by atoms with E-state index in [1.165, 1.54) is 0 Å². The Morgan fingerprint density at radius 2 is 1.88 bits per heavy atom. The van der Waals surface area contributed by atoms with E-state index >= 15 is 0 Å². The Labute approximate surface area is 139 Å². The highest BCUT2D eigenvalue weighted by Crippen LogP contribution is 2.72. The minimum Gasteiger partial charge on any atom is -0.465 e. The molecule has 1 aliphatic heterocycles. The minimum absolute atomic E-state index is 0.0306. The largest absolute Gasteiger partial charge is 0.490 e. The lowest BCUT2D eigenvalue weighted by molar-refractivity contribution is -0.228. The van der Waals surface area contributed by atoms with Gasteiger partial charge < -0.3 is 9.47 Å². The normalized spacial score (nSPS) is 43.8. The Morgan fingerprint density at radius 1 is 1.25 bits per heavy atom. The number of cyclic esters (lactones) is 1. The van der Waals surface area contributed by atoms with Gasteiger partial charge >= 0.3 is 18.1 Å². The number of rotatable bonds is 1. The zero-order valence-electron chi connectivity index (χ0n) is 14.3. The summed E-state index contributed by atoms with van der Waals surface area (Å²) >= 11 is 0. The molecule has 5 atom stereocenters. The number of ether oxygens (including phenoxy) is 2. The first-order chi connectivity index (χ1) is 10.8. The molecule has 0 unspecified atom stereocenters. The molecular formula is C17H23F3O4. The molecule has 1 saturated heterocycles. The minimum atomic E-state index is -5.01. The van der Waals surface area contributed by atoms with Crippen LogP contribution < -0.4 is 0 Å². The summed E-state index contributed by atoms with van der Waals surface area (Å²) in [6, 6.07) is 0. The number of esters is 2. The van der Waals surface area contributed by atoms with Crippen molar-refractivity contribution in [2.45, 2.75) is 59.2 Å². The van der Waals surface area contributed by atoms with Gasteiger partial charge in [0.05, 0.1) is 12.5 Å². The van der Waals surface area contributed by atoms with E-state index < -0.39 is 29.1 Å². The van der Waals surface area contributed by atoms with Crippen molar-refractivity contribution in [2.24, 2.45) is 28.1 Å². The molecule has 0 amide bonds. The molecule has 0 radical (unpaired) electrons. The van der Waals surface area contributed by atoms with Crippen molar-refractivity contribution >= 4 is 11.9 Å². The first-order valence-electron chi connectivity index (χ1n) is 8.29. The fourth-order valence-corrected chi connectivity index (χ4v) is 5.68. The summed E-state index contributed by atoms with van der Waals surface area (Å²) in [5.74, 6) is -2.81. The molecule has 3 rings (SSSR count). The van der Waals surface area contributed by atoms with Crippen molar-refractivity contribution in [2.75, 3.05) is 6.61 Å². The SMILES string of the molecule is CC1(C)CC[C@@H](OC(=O)C(F)(F)F)[C@]2(C)C[C@H]3COC(=O)[C@H]3[C@]12C. The predicted molar refractivity (Wildman–Crippen MR) is 77.7 cm³/mol. The van der Waals surface area contributed by atoms with Crippen molar-refractivity contribution in [3.05, 3.63) is 0 Å². The summed E-state index contributed by atoms with van der Waals surface area (Å²) in [7, 11) is 0. The van der Waals surface area contributed by atoms with Gasteiger partial charge in [0.15, 0.2) is 0 Å². The molecule has 0 bridgehead atoms. The van der Waals surface area contributed by atoms with Crippen LogP contribution >= 0.6 is 0 Å². The summed E-state index contributed by atoms with van der Waals surface area (Å²) < 4.78 is 48.1. The van der Waals surface area contributed by atoms with Gasteiger partial charge in [-0.15, -0.1) is 0 Å². The third-order valence-electron chi connectivity index (χ3n) is 7.29. The van der Waals surface area contributed by atoms with E-state index in [9.17, 15) is 22.8 Å². The number of carbonyl (C=O) groups excluding carboxylic acids is 2. The molecule has 0 N–H and O–H groups in total. The smallest absolute Gasteiger partial charge is 0.465 e. The van der Waals surface area contributed by atoms with Crippen LogP contribution in [-0.2, 0) is 19.1 Å². The lowest BCUT2D eigenvalue weighted by Gasteiger charge is -2.59. The molecule has 0 spiro atoms. The number of fused-ring (bicyclic) bond motifs is 3. The maximum absolute atomic E-state index is 12.7. The second-order valence-corrected chi connectivity index (χ2v) is 8.51. The van der Waals surface area contributed by atoms with Crippen LogP contribution in [0.3, 0.4) is 0 Å². The maximum atomic E-state index is 12.7. The second kappa shape index (κ2) is 4.88. The van der Waals surface area contributed by atoms with E-state index in [4.69, 9.17) is 9.47 Å². The van der Waals surface area contributed by atoms with Crippen LogP contribution in [0.25, 0.3) is 0 Å². The van der Waals surface area contributed by atoms with E-state index in [0.717, 1.165) is 0 Å². The van der Waals surface area contributed by atoms with E-state index in [0.29, 0.717) is 25.9 Å². The van der Waals surface area contributed by atoms with Gasteiger partial charge in [0.25, 0.3) is 0 Å². The number of carbonyl (C=O) groups is 2. The van der Waals surface area contributed by atoms with Crippen LogP contribution in [0.4, 0.5) is 13.2 Å². The lowest BCUT2D eigenvalue weighted by atomic mass is 9.45. The fraction of sp³-hybridized carbons (Fsp3) is 0.882. The standard InChI is InChI=1S/C17H23F3O4/c1-14(2)6-5-10(24-13(22)17(18,19)20)15(3)7-9-8-23-12(21)11(9)16(14,15)4/h9-11H,5-8H2,1-4H3/t9-,10+,11-,15-,16+/m0/s1. The number of halogens is 3. The molecule has 7 heteroatoms. The zero-order valence-corrected chi connectivity index (χ0v) is 14.3. The van der Waals surface area contributed by atoms with Crippen molar-refractivity contribution in [1.82, 2.24) is 0 Å². The van der Waals surface area contributed by atoms with Crippen molar-refractivity contribution in [3.8, 4) is 0 Å². The highest BCUT2D eigenvalue weighted by molar-refractivity contribution is 5.77. The Morgan fingerprint density at radius 3 is 2.46 bits per heavy atom. The van der Waals surface area contributed by atoms with Gasteiger partial charge in [-0.05, 0) is 30.1 Å². The van der Waals surface area contributed by atoms with Crippen LogP contribution in [0, 0.1) is 28.1 Å². The summed E-state index contributed by atoms with van der Waals surface area (Å²) in [6.45, 7) is 8.21. The fourth-order valence-electron chi connectivity index (χ4n) is 5.68. The highest BCUT2D eigenvalue weighted by Gasteiger charge is 2.73. The van der Waals surface area contributed by atoms with Crippen LogP contribution in [0.5, 0.6) is 0 Å². The van der Waals surface area contributed by atoms with E-state index in [-0.39, 0.29) is 23.2 Å². The van der Waals surface area contributed by atoms with Crippen molar-refractivity contribution in [3.63, 3.8) is 0 Å². The summed E-state index contributed by atoms with van der Waals surface area (Å²) in [4.78, 5) is 23.7. The Balaban J connectivity index is 2.00. The molecule has 1 heterocycles. The zero-order chi connectivity index (χ0) is 18.1. The molecular weight excluding hydrogens is 325 g/mol. The average Bonchev–Trinajstić information content (AvgIpc) is 2.91. The molecule has 0 aromatic heterocycles. The summed E-state index contributed by atoms with van der Waals surface area (Å²) in [5, 5.41) is 0. The molecule has 4 nitrogen and oxygen atoms in total. The van der Waals surface area contributed by atoms with Crippen LogP contribution in [0.15, 0.2) is 0 Å². The first kappa shape index (κ1) is 17.5. The van der Waals surface area contributed by atoms with Gasteiger partial charge in [-0.1, -0.05) is 27.7 Å². The topological polar surface area (TPSA) is 52.6 Å². The number of alkyl halides is 3. The lowest BCUT2D eigenvalue weighted by Crippen LogP contribution is -2.59. The third-order valence-corrected chi connectivity index (χ3v) is 7.29. The van der Waals surface area contributed by atoms with Crippen LogP contribution in [0.1, 0.15) is 47.0 Å². The third kappa shape index (κ3) is 2.05. The van der Waals surface area contributed by atoms with Crippen molar-refractivity contribution < 1.29 is 32.2 Å². The number of hydrogen-bond donors (Lipinski definition) is 0. The Bertz CT molecular complexity index is 585. The van der Waals surface area contributed by atoms with Crippen molar-refractivity contribution in [1.29, 1.82) is 0 Å². The van der Waals surface area contributed by atoms with Gasteiger partial charge in [0.2, 0.25) is 0 Å². The second-order valence-electron chi connectivity index (χ2n) is 8.51.